The number of likely N-dealkylation sites (N-methyl/N-ethyl adjacent to an activating group) is 1. The summed E-state index contributed by atoms with van der Waals surface area (Å²) in [6.45, 7) is 0.0319. The van der Waals surface area contributed by atoms with E-state index in [9.17, 15) is 8.42 Å². The second-order valence-corrected chi connectivity index (χ2v) is 5.38. The molecule has 0 atom stereocenters. The van der Waals surface area contributed by atoms with Gasteiger partial charge in [0.25, 0.3) is 0 Å². The van der Waals surface area contributed by atoms with Gasteiger partial charge in [0.15, 0.2) is 0 Å². The molecule has 0 aromatic heterocycles. The number of benzene rings is 1. The van der Waals surface area contributed by atoms with Gasteiger partial charge in [-0.15, -0.1) is 12.4 Å². The monoisotopic (exact) mass is 280 g/mol. The Hall–Kier alpha value is -0.660. The van der Waals surface area contributed by atoms with Crippen molar-refractivity contribution in [3.05, 3.63) is 29.8 Å². The molecule has 5 nitrogen and oxygen atoms in total. The maximum absolute atomic E-state index is 12.1. The summed E-state index contributed by atoms with van der Waals surface area (Å²) in [5, 5.41) is 8.74. The van der Waals surface area contributed by atoms with Crippen molar-refractivity contribution >= 4 is 22.4 Å². The average Bonchev–Trinajstić information content (AvgIpc) is 2.29. The molecule has 0 heterocycles. The third kappa shape index (κ3) is 3.65. The fourth-order valence-corrected chi connectivity index (χ4v) is 2.74. The van der Waals surface area contributed by atoms with E-state index in [0.717, 1.165) is 4.31 Å². The largest absolute Gasteiger partial charge is 0.395 e. The van der Waals surface area contributed by atoms with Gasteiger partial charge in [0.2, 0.25) is 10.0 Å². The number of nitrogens with zero attached hydrogens (tertiary/aromatic N) is 1. The standard InChI is InChI=1S/C10H16N2O3S.ClH/c1-12(6-7-13)16(14,15)10-5-3-2-4-9(10)8-11;/h2-5,13H,6-8,11H2,1H3;1H. The van der Waals surface area contributed by atoms with Crippen molar-refractivity contribution < 1.29 is 13.5 Å². The number of halogens is 1. The lowest BCUT2D eigenvalue weighted by molar-refractivity contribution is 0.266. The van der Waals surface area contributed by atoms with E-state index >= 15 is 0 Å². The molecule has 0 amide bonds. The van der Waals surface area contributed by atoms with Gasteiger partial charge in [0.05, 0.1) is 11.5 Å². The van der Waals surface area contributed by atoms with Crippen LogP contribution in [0.5, 0.6) is 0 Å². The van der Waals surface area contributed by atoms with Crippen LogP contribution in [0.15, 0.2) is 29.2 Å². The Balaban J connectivity index is 0.00000256. The van der Waals surface area contributed by atoms with Crippen molar-refractivity contribution in [1.82, 2.24) is 4.31 Å². The van der Waals surface area contributed by atoms with Crippen molar-refractivity contribution in [1.29, 1.82) is 0 Å². The van der Waals surface area contributed by atoms with Crippen LogP contribution in [-0.2, 0) is 16.6 Å². The minimum Gasteiger partial charge on any atom is -0.395 e. The van der Waals surface area contributed by atoms with Crippen molar-refractivity contribution in [2.45, 2.75) is 11.4 Å². The highest BCUT2D eigenvalue weighted by Gasteiger charge is 2.22. The summed E-state index contributed by atoms with van der Waals surface area (Å²) in [5.74, 6) is 0. The van der Waals surface area contributed by atoms with Crippen LogP contribution in [0.2, 0.25) is 0 Å². The van der Waals surface area contributed by atoms with Crippen LogP contribution in [0.3, 0.4) is 0 Å². The van der Waals surface area contributed by atoms with Crippen LogP contribution in [-0.4, -0.2) is 38.0 Å². The highest BCUT2D eigenvalue weighted by Crippen LogP contribution is 2.18. The number of hydrogen-bond acceptors (Lipinski definition) is 4. The van der Waals surface area contributed by atoms with Crippen LogP contribution in [0.1, 0.15) is 5.56 Å². The normalized spacial score (nSPS) is 11.3. The molecule has 0 unspecified atom stereocenters. The molecule has 98 valence electrons. The lowest BCUT2D eigenvalue weighted by atomic mass is 10.2. The zero-order chi connectivity index (χ0) is 12.2. The summed E-state index contributed by atoms with van der Waals surface area (Å²) in [6.07, 6.45) is 0. The summed E-state index contributed by atoms with van der Waals surface area (Å²) >= 11 is 0. The number of nitrogens with two attached hydrogens (primary N) is 1. The Labute approximate surface area is 108 Å². The highest BCUT2D eigenvalue weighted by molar-refractivity contribution is 7.89. The molecule has 7 heteroatoms. The van der Waals surface area contributed by atoms with E-state index in [1.807, 2.05) is 0 Å². The summed E-state index contributed by atoms with van der Waals surface area (Å²) in [5.41, 5.74) is 6.07. The van der Waals surface area contributed by atoms with Gasteiger partial charge in [-0.3, -0.25) is 0 Å². The lowest BCUT2D eigenvalue weighted by Gasteiger charge is -2.17. The molecular formula is C10H17ClN2O3S. The molecule has 0 aliphatic heterocycles. The Morgan fingerprint density at radius 3 is 2.47 bits per heavy atom. The molecule has 0 aliphatic carbocycles. The van der Waals surface area contributed by atoms with Crippen LogP contribution in [0.4, 0.5) is 0 Å². The summed E-state index contributed by atoms with van der Waals surface area (Å²) in [4.78, 5) is 0.202. The van der Waals surface area contributed by atoms with Gasteiger partial charge in [0.1, 0.15) is 0 Å². The molecule has 0 bridgehead atoms. The van der Waals surface area contributed by atoms with Crippen LogP contribution < -0.4 is 5.73 Å². The maximum atomic E-state index is 12.1. The quantitative estimate of drug-likeness (QED) is 0.806. The Morgan fingerprint density at radius 2 is 1.94 bits per heavy atom. The molecular weight excluding hydrogens is 264 g/mol. The molecule has 0 aliphatic rings. The predicted octanol–water partition coefficient (Wildman–Crippen LogP) is 0.180. The molecule has 3 N–H and O–H groups in total. The molecule has 0 saturated carbocycles. The first kappa shape index (κ1) is 16.3. The van der Waals surface area contributed by atoms with Crippen molar-refractivity contribution in [3.8, 4) is 0 Å². The lowest BCUT2D eigenvalue weighted by Crippen LogP contribution is -2.30. The van der Waals surface area contributed by atoms with Gasteiger partial charge in [0, 0.05) is 20.1 Å². The SMILES string of the molecule is CN(CCO)S(=O)(=O)c1ccccc1CN.Cl. The van der Waals surface area contributed by atoms with Gasteiger partial charge in [-0.05, 0) is 11.6 Å². The van der Waals surface area contributed by atoms with Crippen LogP contribution >= 0.6 is 12.4 Å². The fraction of sp³-hybridized carbons (Fsp3) is 0.400. The third-order valence-electron chi connectivity index (χ3n) is 2.30. The number of rotatable bonds is 5. The first-order valence-electron chi connectivity index (χ1n) is 4.89. The van der Waals surface area contributed by atoms with Crippen LogP contribution in [0, 0.1) is 0 Å². The molecule has 0 radical (unpaired) electrons. The summed E-state index contributed by atoms with van der Waals surface area (Å²) in [6, 6.07) is 6.59. The average molecular weight is 281 g/mol. The number of hydrogen-bond donors (Lipinski definition) is 2. The van der Waals surface area contributed by atoms with E-state index in [1.54, 1.807) is 18.2 Å². The first-order valence-corrected chi connectivity index (χ1v) is 6.33. The van der Waals surface area contributed by atoms with Gasteiger partial charge in [-0.1, -0.05) is 18.2 Å². The van der Waals surface area contributed by atoms with E-state index in [2.05, 4.69) is 0 Å². The van der Waals surface area contributed by atoms with Gasteiger partial charge >= 0.3 is 0 Å². The third-order valence-corrected chi connectivity index (χ3v) is 4.25. The molecule has 0 saturated heterocycles. The minimum absolute atomic E-state index is 0. The van der Waals surface area contributed by atoms with Crippen LogP contribution in [0.25, 0.3) is 0 Å². The number of sulfonamides is 1. The Kier molecular flexibility index (Phi) is 6.66. The van der Waals surface area contributed by atoms with Gasteiger partial charge in [-0.2, -0.15) is 4.31 Å². The zero-order valence-corrected chi connectivity index (χ0v) is 11.2. The van der Waals surface area contributed by atoms with Crippen molar-refractivity contribution in [3.63, 3.8) is 0 Å². The second-order valence-electron chi connectivity index (χ2n) is 3.36. The molecule has 1 aromatic rings. The minimum atomic E-state index is -3.55. The molecule has 0 spiro atoms. The van der Waals surface area contributed by atoms with Crippen molar-refractivity contribution in [2.75, 3.05) is 20.2 Å². The Bertz CT molecular complexity index is 451. The second kappa shape index (κ2) is 6.93. The number of aliphatic hydroxyl groups excluding tert-OH is 1. The van der Waals surface area contributed by atoms with E-state index in [-0.39, 0.29) is 37.0 Å². The predicted molar refractivity (Wildman–Crippen MR) is 68.5 cm³/mol. The van der Waals surface area contributed by atoms with Gasteiger partial charge < -0.3 is 10.8 Å². The van der Waals surface area contributed by atoms with Gasteiger partial charge in [-0.25, -0.2) is 8.42 Å². The first-order chi connectivity index (χ1) is 7.54. The molecule has 1 aromatic carbocycles. The smallest absolute Gasteiger partial charge is 0.243 e. The molecule has 0 fully saturated rings. The molecule has 17 heavy (non-hydrogen) atoms. The van der Waals surface area contributed by atoms with E-state index in [1.165, 1.54) is 13.1 Å². The zero-order valence-electron chi connectivity index (χ0n) is 9.54. The van der Waals surface area contributed by atoms with E-state index < -0.39 is 10.0 Å². The highest BCUT2D eigenvalue weighted by atomic mass is 35.5. The molecule has 1 rings (SSSR count). The Morgan fingerprint density at radius 1 is 1.35 bits per heavy atom. The topological polar surface area (TPSA) is 83.6 Å². The fourth-order valence-electron chi connectivity index (χ4n) is 1.35. The van der Waals surface area contributed by atoms with E-state index in [0.29, 0.717) is 5.56 Å². The maximum Gasteiger partial charge on any atom is 0.243 e. The number of aliphatic hydroxyl groups is 1. The van der Waals surface area contributed by atoms with Crippen molar-refractivity contribution in [2.24, 2.45) is 5.73 Å². The van der Waals surface area contributed by atoms with E-state index in [4.69, 9.17) is 10.8 Å². The summed E-state index contributed by atoms with van der Waals surface area (Å²) in [7, 11) is -2.12. The summed E-state index contributed by atoms with van der Waals surface area (Å²) < 4.78 is 25.2.